The minimum absolute atomic E-state index is 0.0999. The van der Waals surface area contributed by atoms with Crippen LogP contribution in [0.5, 0.6) is 0 Å². The van der Waals surface area contributed by atoms with Crippen molar-refractivity contribution in [3.63, 3.8) is 0 Å². The van der Waals surface area contributed by atoms with Crippen LogP contribution in [0.3, 0.4) is 0 Å². The highest BCUT2D eigenvalue weighted by atomic mass is 16.6. The summed E-state index contributed by atoms with van der Waals surface area (Å²) in [6.45, 7) is 13.1. The third-order valence-electron chi connectivity index (χ3n) is 7.33. The van der Waals surface area contributed by atoms with Gasteiger partial charge in [-0.3, -0.25) is 14.4 Å². The van der Waals surface area contributed by atoms with E-state index in [4.69, 9.17) is 9.47 Å². The maximum absolute atomic E-state index is 13.8. The molecular weight excluding hydrogens is 368 g/mol. The van der Waals surface area contributed by atoms with Crippen LogP contribution in [0.15, 0.2) is 23.3 Å². The van der Waals surface area contributed by atoms with Gasteiger partial charge < -0.3 is 9.47 Å². The van der Waals surface area contributed by atoms with Gasteiger partial charge in [0, 0.05) is 20.3 Å². The van der Waals surface area contributed by atoms with Gasteiger partial charge in [-0.25, -0.2) is 0 Å². The number of esters is 2. The van der Waals surface area contributed by atoms with E-state index in [1.807, 2.05) is 19.9 Å². The summed E-state index contributed by atoms with van der Waals surface area (Å²) in [6, 6.07) is 0. The maximum Gasteiger partial charge on any atom is 0.303 e. The Bertz CT molecular complexity index is 789. The van der Waals surface area contributed by atoms with Crippen molar-refractivity contribution in [2.45, 2.75) is 79.4 Å². The van der Waals surface area contributed by atoms with E-state index in [-0.39, 0.29) is 23.1 Å². The van der Waals surface area contributed by atoms with Crippen LogP contribution in [0.1, 0.15) is 67.7 Å². The highest BCUT2D eigenvalue weighted by molar-refractivity contribution is 6.03. The Morgan fingerprint density at radius 2 is 1.72 bits per heavy atom. The van der Waals surface area contributed by atoms with E-state index in [0.29, 0.717) is 23.8 Å². The summed E-state index contributed by atoms with van der Waals surface area (Å²) in [7, 11) is 0. The van der Waals surface area contributed by atoms with E-state index in [2.05, 4.69) is 26.8 Å². The number of hydrogen-bond acceptors (Lipinski definition) is 5. The van der Waals surface area contributed by atoms with Crippen LogP contribution >= 0.6 is 0 Å². The minimum atomic E-state index is -1.33. The van der Waals surface area contributed by atoms with Gasteiger partial charge >= 0.3 is 11.9 Å². The SMILES string of the molecule is CC(=O)O[C@H]1[C@@H](C)C[C@]2(OC(C)=O)C(=O)/C(C)=C\[C@H]3[C@H](CC/C(C)=C\[C@@H]12)C3(C)C. The van der Waals surface area contributed by atoms with Crippen molar-refractivity contribution in [3.05, 3.63) is 23.3 Å². The van der Waals surface area contributed by atoms with E-state index in [9.17, 15) is 14.4 Å². The van der Waals surface area contributed by atoms with Gasteiger partial charge in [0.2, 0.25) is 5.78 Å². The van der Waals surface area contributed by atoms with Gasteiger partial charge in [0.1, 0.15) is 6.10 Å². The molecule has 3 aliphatic carbocycles. The van der Waals surface area contributed by atoms with Crippen molar-refractivity contribution in [2.24, 2.45) is 29.1 Å². The molecule has 0 unspecified atom stereocenters. The fourth-order valence-corrected chi connectivity index (χ4v) is 5.74. The van der Waals surface area contributed by atoms with Crippen molar-refractivity contribution in [2.75, 3.05) is 0 Å². The van der Waals surface area contributed by atoms with Crippen molar-refractivity contribution in [1.82, 2.24) is 0 Å². The Balaban J connectivity index is 2.13. The molecule has 0 aromatic heterocycles. The number of allylic oxidation sites excluding steroid dienone is 2. The first kappa shape index (κ1) is 21.8. The summed E-state index contributed by atoms with van der Waals surface area (Å²) in [5.41, 5.74) is 0.636. The average molecular weight is 403 g/mol. The molecule has 3 rings (SSSR count). The number of carbonyl (C=O) groups is 3. The molecule has 0 saturated heterocycles. The van der Waals surface area contributed by atoms with Crippen LogP contribution in [0.25, 0.3) is 0 Å². The number of Topliss-reactive ketones (excluding diaryl/α,β-unsaturated/α-hetero) is 1. The van der Waals surface area contributed by atoms with Gasteiger partial charge in [-0.2, -0.15) is 0 Å². The summed E-state index contributed by atoms with van der Waals surface area (Å²) in [5, 5.41) is 0. The Labute approximate surface area is 173 Å². The van der Waals surface area contributed by atoms with E-state index in [1.165, 1.54) is 13.8 Å². The molecule has 5 heteroatoms. The molecule has 2 fully saturated rings. The summed E-state index contributed by atoms with van der Waals surface area (Å²) in [6.07, 6.45) is 5.94. The highest BCUT2D eigenvalue weighted by Gasteiger charge is 2.61. The first-order valence-electron chi connectivity index (χ1n) is 10.7. The molecular formula is C24H34O5. The van der Waals surface area contributed by atoms with E-state index < -0.39 is 23.6 Å². The lowest BCUT2D eigenvalue weighted by molar-refractivity contribution is -0.169. The Morgan fingerprint density at radius 3 is 2.31 bits per heavy atom. The largest absolute Gasteiger partial charge is 0.461 e. The summed E-state index contributed by atoms with van der Waals surface area (Å²) < 4.78 is 11.5. The third-order valence-corrected chi connectivity index (χ3v) is 7.33. The molecule has 0 bridgehead atoms. The molecule has 0 aromatic rings. The molecule has 29 heavy (non-hydrogen) atoms. The molecule has 0 aromatic carbocycles. The van der Waals surface area contributed by atoms with Gasteiger partial charge in [0.25, 0.3) is 0 Å². The van der Waals surface area contributed by atoms with Crippen LogP contribution in [-0.4, -0.2) is 29.4 Å². The Hall–Kier alpha value is -1.91. The molecule has 0 aliphatic heterocycles. The normalized spacial score (nSPS) is 42.2. The molecule has 0 radical (unpaired) electrons. The highest BCUT2D eigenvalue weighted by Crippen LogP contribution is 2.62. The summed E-state index contributed by atoms with van der Waals surface area (Å²) >= 11 is 0. The zero-order valence-corrected chi connectivity index (χ0v) is 18.7. The number of ether oxygens (including phenoxy) is 2. The molecule has 0 heterocycles. The van der Waals surface area contributed by atoms with Crippen molar-refractivity contribution >= 4 is 17.7 Å². The molecule has 160 valence electrons. The zero-order chi connectivity index (χ0) is 21.7. The monoisotopic (exact) mass is 402 g/mol. The second-order valence-electron chi connectivity index (χ2n) is 9.95. The molecule has 2 saturated carbocycles. The van der Waals surface area contributed by atoms with Gasteiger partial charge in [-0.1, -0.05) is 38.5 Å². The van der Waals surface area contributed by atoms with Crippen molar-refractivity contribution in [3.8, 4) is 0 Å². The van der Waals surface area contributed by atoms with Crippen LogP contribution < -0.4 is 0 Å². The fourth-order valence-electron chi connectivity index (χ4n) is 5.74. The standard InChI is InChI=1S/C24H34O5/c1-13-8-9-18-19(23(18,6)7)11-14(2)22(27)24(29-17(5)26)12-15(3)21(20(24)10-13)28-16(4)25/h10-11,15,18-21H,8-9,12H2,1-7H3/b13-10-,14-11-/t15-,18-,19-,20-,21-,24+/m0/s1. The maximum atomic E-state index is 13.8. The van der Waals surface area contributed by atoms with E-state index >= 15 is 0 Å². The molecule has 0 N–H and O–H groups in total. The smallest absolute Gasteiger partial charge is 0.303 e. The van der Waals surface area contributed by atoms with Crippen LogP contribution in [0.2, 0.25) is 0 Å². The number of hydrogen-bond donors (Lipinski definition) is 0. The number of fused-ring (bicyclic) bond motifs is 2. The predicted octanol–water partition coefficient (Wildman–Crippen LogP) is 4.40. The van der Waals surface area contributed by atoms with Crippen molar-refractivity contribution < 1.29 is 23.9 Å². The second kappa shape index (κ2) is 7.41. The topological polar surface area (TPSA) is 69.7 Å². The molecule has 5 nitrogen and oxygen atoms in total. The van der Waals surface area contributed by atoms with Crippen LogP contribution in [-0.2, 0) is 23.9 Å². The van der Waals surface area contributed by atoms with Gasteiger partial charge in [0.05, 0.1) is 5.92 Å². The molecule has 0 amide bonds. The molecule has 3 aliphatic rings. The Kier molecular flexibility index (Phi) is 5.57. The number of carbonyl (C=O) groups excluding carboxylic acids is 3. The van der Waals surface area contributed by atoms with Crippen molar-refractivity contribution in [1.29, 1.82) is 0 Å². The van der Waals surface area contributed by atoms with Crippen LogP contribution in [0, 0.1) is 29.1 Å². The minimum Gasteiger partial charge on any atom is -0.461 e. The number of rotatable bonds is 2. The van der Waals surface area contributed by atoms with Gasteiger partial charge in [0.15, 0.2) is 5.60 Å². The van der Waals surface area contributed by atoms with Gasteiger partial charge in [-0.15, -0.1) is 0 Å². The van der Waals surface area contributed by atoms with Gasteiger partial charge in [-0.05, 0) is 55.4 Å². The quantitative estimate of drug-likeness (QED) is 0.506. The van der Waals surface area contributed by atoms with E-state index in [1.54, 1.807) is 0 Å². The zero-order valence-electron chi connectivity index (χ0n) is 18.7. The molecule has 6 atom stereocenters. The fraction of sp³-hybridized carbons (Fsp3) is 0.708. The second-order valence-corrected chi connectivity index (χ2v) is 9.95. The van der Waals surface area contributed by atoms with Crippen LogP contribution in [0.4, 0.5) is 0 Å². The first-order chi connectivity index (χ1) is 13.4. The lowest BCUT2D eigenvalue weighted by Crippen LogP contribution is -2.48. The average Bonchev–Trinajstić information content (AvgIpc) is 3.01. The van der Waals surface area contributed by atoms with E-state index in [0.717, 1.165) is 18.4 Å². The lowest BCUT2D eigenvalue weighted by atomic mass is 9.81. The molecule has 0 spiro atoms. The summed E-state index contributed by atoms with van der Waals surface area (Å²) in [5.74, 6) is -0.721. The summed E-state index contributed by atoms with van der Waals surface area (Å²) in [4.78, 5) is 37.6. The lowest BCUT2D eigenvalue weighted by Gasteiger charge is -2.34. The predicted molar refractivity (Wildman–Crippen MR) is 110 cm³/mol. The number of ketones is 1. The Morgan fingerprint density at radius 1 is 1.07 bits per heavy atom. The third kappa shape index (κ3) is 3.80. The first-order valence-corrected chi connectivity index (χ1v) is 10.7.